The monoisotopic (exact) mass is 484 g/mol. The van der Waals surface area contributed by atoms with Crippen LogP contribution in [0.3, 0.4) is 0 Å². The standard InChI is InChI=1S/C27H33FN2O5/c1-29(2)27(20-6-4-7-21(28)15-20)11-9-18(10-12-27)13-19-5-3-8-22(14-19)35-23-16-24(25(31)32)30(17-23)26(33)34/h3-8,14-15,18,23-24H,9-13,16-17H2,1-2H3,(H,31,32)(H,33,34)/t18?,23-,24-,27?/m0/s1. The molecule has 4 rings (SSSR count). The summed E-state index contributed by atoms with van der Waals surface area (Å²) in [6, 6.07) is 13.6. The molecule has 0 aromatic heterocycles. The molecule has 2 aliphatic rings. The molecule has 1 saturated carbocycles. The summed E-state index contributed by atoms with van der Waals surface area (Å²) in [4.78, 5) is 25.9. The predicted octanol–water partition coefficient (Wildman–Crippen LogP) is 4.60. The number of benzene rings is 2. The van der Waals surface area contributed by atoms with Crippen LogP contribution in [0.25, 0.3) is 0 Å². The molecule has 35 heavy (non-hydrogen) atoms. The van der Waals surface area contributed by atoms with Crippen LogP contribution >= 0.6 is 0 Å². The highest BCUT2D eigenvalue weighted by molar-refractivity contribution is 5.80. The second-order valence-electron chi connectivity index (χ2n) is 10.00. The van der Waals surface area contributed by atoms with E-state index in [4.69, 9.17) is 4.74 Å². The van der Waals surface area contributed by atoms with Gasteiger partial charge in [0.2, 0.25) is 0 Å². The highest BCUT2D eigenvalue weighted by atomic mass is 19.1. The molecule has 0 unspecified atom stereocenters. The van der Waals surface area contributed by atoms with E-state index in [0.29, 0.717) is 11.7 Å². The van der Waals surface area contributed by atoms with Crippen molar-refractivity contribution >= 4 is 12.1 Å². The zero-order chi connectivity index (χ0) is 25.2. The van der Waals surface area contributed by atoms with Crippen molar-refractivity contribution in [2.75, 3.05) is 20.6 Å². The van der Waals surface area contributed by atoms with E-state index in [0.717, 1.165) is 48.1 Å². The van der Waals surface area contributed by atoms with Crippen molar-refractivity contribution in [1.82, 2.24) is 9.80 Å². The van der Waals surface area contributed by atoms with Gasteiger partial charge < -0.3 is 14.9 Å². The summed E-state index contributed by atoms with van der Waals surface area (Å²) in [6.07, 6.45) is 3.23. The molecule has 2 fully saturated rings. The van der Waals surface area contributed by atoms with Crippen LogP contribution in [-0.4, -0.2) is 64.9 Å². The normalized spacial score (nSPS) is 26.6. The largest absolute Gasteiger partial charge is 0.488 e. The molecular formula is C27H33FN2O5. The minimum Gasteiger partial charge on any atom is -0.488 e. The SMILES string of the molecule is CN(C)C1(c2cccc(F)c2)CCC(Cc2cccc(O[C@H]3C[C@@H](C(=O)O)N(C(=O)O)C3)c2)CC1. The number of likely N-dealkylation sites (tertiary alicyclic amines) is 1. The molecule has 1 saturated heterocycles. The second-order valence-corrected chi connectivity index (χ2v) is 10.00. The lowest BCUT2D eigenvalue weighted by molar-refractivity contribution is -0.141. The predicted molar refractivity (Wildman–Crippen MR) is 129 cm³/mol. The third kappa shape index (κ3) is 5.42. The summed E-state index contributed by atoms with van der Waals surface area (Å²) in [5.41, 5.74) is 2.00. The summed E-state index contributed by atoms with van der Waals surface area (Å²) in [6.45, 7) is 0.0336. The first-order valence-corrected chi connectivity index (χ1v) is 12.1. The van der Waals surface area contributed by atoms with Crippen LogP contribution in [-0.2, 0) is 16.8 Å². The number of amides is 1. The van der Waals surface area contributed by atoms with Gasteiger partial charge in [-0.25, -0.2) is 14.0 Å². The van der Waals surface area contributed by atoms with Crippen LogP contribution < -0.4 is 4.74 Å². The van der Waals surface area contributed by atoms with E-state index >= 15 is 0 Å². The summed E-state index contributed by atoms with van der Waals surface area (Å²) >= 11 is 0. The van der Waals surface area contributed by atoms with Gasteiger partial charge in [0.05, 0.1) is 6.54 Å². The van der Waals surface area contributed by atoms with E-state index in [1.165, 1.54) is 6.07 Å². The lowest BCUT2D eigenvalue weighted by atomic mass is 9.70. The molecule has 2 aromatic carbocycles. The molecule has 1 aliphatic heterocycles. The maximum absolute atomic E-state index is 13.9. The number of rotatable bonds is 7. The quantitative estimate of drug-likeness (QED) is 0.597. The molecule has 0 spiro atoms. The van der Waals surface area contributed by atoms with Gasteiger partial charge in [0.15, 0.2) is 0 Å². The number of ether oxygens (including phenoxy) is 1. The molecular weight excluding hydrogens is 451 g/mol. The fourth-order valence-electron chi connectivity index (χ4n) is 5.73. The Bertz CT molecular complexity index is 1050. The molecule has 188 valence electrons. The van der Waals surface area contributed by atoms with E-state index in [1.807, 2.05) is 24.3 Å². The molecule has 2 N–H and O–H groups in total. The van der Waals surface area contributed by atoms with Gasteiger partial charge in [0, 0.05) is 12.0 Å². The number of hydrogen-bond donors (Lipinski definition) is 2. The average molecular weight is 485 g/mol. The van der Waals surface area contributed by atoms with E-state index in [1.54, 1.807) is 12.1 Å². The van der Waals surface area contributed by atoms with Crippen molar-refractivity contribution in [3.8, 4) is 5.75 Å². The number of carbonyl (C=O) groups is 2. The number of halogens is 1. The molecule has 0 radical (unpaired) electrons. The zero-order valence-corrected chi connectivity index (χ0v) is 20.2. The van der Waals surface area contributed by atoms with Gasteiger partial charge in [-0.1, -0.05) is 24.3 Å². The van der Waals surface area contributed by atoms with Crippen molar-refractivity contribution in [3.05, 3.63) is 65.5 Å². The Hall–Kier alpha value is -3.13. The van der Waals surface area contributed by atoms with Crippen molar-refractivity contribution in [2.45, 2.75) is 56.2 Å². The molecule has 2 aromatic rings. The van der Waals surface area contributed by atoms with Gasteiger partial charge in [0.1, 0.15) is 23.7 Å². The van der Waals surface area contributed by atoms with Crippen molar-refractivity contribution in [3.63, 3.8) is 0 Å². The average Bonchev–Trinajstić information content (AvgIpc) is 3.24. The number of nitrogens with zero attached hydrogens (tertiary/aromatic N) is 2. The number of carboxylic acids is 1. The summed E-state index contributed by atoms with van der Waals surface area (Å²) < 4.78 is 19.9. The first-order valence-electron chi connectivity index (χ1n) is 12.1. The van der Waals surface area contributed by atoms with Gasteiger partial charge in [-0.3, -0.25) is 9.80 Å². The van der Waals surface area contributed by atoms with Gasteiger partial charge in [0.25, 0.3) is 0 Å². The maximum Gasteiger partial charge on any atom is 0.408 e. The lowest BCUT2D eigenvalue weighted by Gasteiger charge is -2.45. The molecule has 0 bridgehead atoms. The van der Waals surface area contributed by atoms with Crippen LogP contribution in [0, 0.1) is 11.7 Å². The molecule has 1 aliphatic carbocycles. The summed E-state index contributed by atoms with van der Waals surface area (Å²) in [5.74, 6) is -0.234. The van der Waals surface area contributed by atoms with Gasteiger partial charge in [-0.05, 0) is 87.5 Å². The van der Waals surface area contributed by atoms with Crippen LogP contribution in [0.5, 0.6) is 5.75 Å². The molecule has 8 heteroatoms. The first-order chi connectivity index (χ1) is 16.7. The van der Waals surface area contributed by atoms with E-state index in [2.05, 4.69) is 25.1 Å². The summed E-state index contributed by atoms with van der Waals surface area (Å²) in [5, 5.41) is 18.6. The highest BCUT2D eigenvalue weighted by Crippen LogP contribution is 2.44. The molecule has 7 nitrogen and oxygen atoms in total. The number of aliphatic carboxylic acids is 1. The van der Waals surface area contributed by atoms with E-state index in [-0.39, 0.29) is 24.3 Å². The fourth-order valence-corrected chi connectivity index (χ4v) is 5.73. The van der Waals surface area contributed by atoms with Crippen molar-refractivity contribution in [1.29, 1.82) is 0 Å². The minimum absolute atomic E-state index is 0.0336. The van der Waals surface area contributed by atoms with Gasteiger partial charge in [-0.15, -0.1) is 0 Å². The third-order valence-electron chi connectivity index (χ3n) is 7.67. The molecule has 2 atom stereocenters. The lowest BCUT2D eigenvalue weighted by Crippen LogP contribution is -2.44. The Labute approximate surface area is 205 Å². The zero-order valence-electron chi connectivity index (χ0n) is 20.2. The van der Waals surface area contributed by atoms with Crippen LogP contribution in [0.15, 0.2) is 48.5 Å². The molecule has 1 heterocycles. The van der Waals surface area contributed by atoms with E-state index in [9.17, 15) is 24.2 Å². The fraction of sp³-hybridized carbons (Fsp3) is 0.481. The Morgan fingerprint density at radius 2 is 1.83 bits per heavy atom. The smallest absolute Gasteiger partial charge is 0.408 e. The van der Waals surface area contributed by atoms with Crippen LogP contribution in [0.1, 0.15) is 43.2 Å². The van der Waals surface area contributed by atoms with Crippen molar-refractivity contribution < 1.29 is 28.9 Å². The highest BCUT2D eigenvalue weighted by Gasteiger charge is 2.41. The number of carboxylic acid groups (broad SMARTS) is 2. The topological polar surface area (TPSA) is 90.3 Å². The first kappa shape index (κ1) is 25.0. The Morgan fingerprint density at radius 3 is 2.43 bits per heavy atom. The third-order valence-corrected chi connectivity index (χ3v) is 7.67. The van der Waals surface area contributed by atoms with Gasteiger partial charge >= 0.3 is 12.1 Å². The Morgan fingerprint density at radius 1 is 1.11 bits per heavy atom. The molecule has 1 amide bonds. The maximum atomic E-state index is 13.9. The number of hydrogen-bond acceptors (Lipinski definition) is 4. The Balaban J connectivity index is 1.38. The van der Waals surface area contributed by atoms with E-state index < -0.39 is 24.2 Å². The van der Waals surface area contributed by atoms with Crippen LogP contribution in [0.2, 0.25) is 0 Å². The summed E-state index contributed by atoms with van der Waals surface area (Å²) in [7, 11) is 4.13. The minimum atomic E-state index is -1.25. The Kier molecular flexibility index (Phi) is 7.31. The van der Waals surface area contributed by atoms with Gasteiger partial charge in [-0.2, -0.15) is 0 Å². The van der Waals surface area contributed by atoms with Crippen molar-refractivity contribution in [2.24, 2.45) is 5.92 Å². The second kappa shape index (κ2) is 10.2. The van der Waals surface area contributed by atoms with Crippen LogP contribution in [0.4, 0.5) is 9.18 Å².